The second kappa shape index (κ2) is 6.67. The van der Waals surface area contributed by atoms with Crippen molar-refractivity contribution in [3.05, 3.63) is 96.1 Å². The highest BCUT2D eigenvalue weighted by molar-refractivity contribution is 6.23. The number of Topliss-reactive ketones (excluding diaryl/α,β-unsaturated/α-hetero) is 2. The lowest BCUT2D eigenvalue weighted by molar-refractivity contribution is 0.0896. The van der Waals surface area contributed by atoms with E-state index in [1.54, 1.807) is 12.1 Å². The summed E-state index contributed by atoms with van der Waals surface area (Å²) < 4.78 is 0. The minimum absolute atomic E-state index is 0.178. The Morgan fingerprint density at radius 2 is 0.935 bits per heavy atom. The van der Waals surface area contributed by atoms with Crippen LogP contribution in [0, 0.1) is 0 Å². The molecule has 0 aliphatic carbocycles. The van der Waals surface area contributed by atoms with Crippen LogP contribution in [-0.2, 0) is 0 Å². The van der Waals surface area contributed by atoms with Crippen molar-refractivity contribution in [2.24, 2.45) is 0 Å². The lowest BCUT2D eigenvalue weighted by Gasteiger charge is -2.05. The highest BCUT2D eigenvalue weighted by atomic mass is 16.1. The number of aromatic nitrogens is 2. The Kier molecular flexibility index (Phi) is 3.80. The van der Waals surface area contributed by atoms with Gasteiger partial charge in [0.15, 0.2) is 11.6 Å². The van der Waals surface area contributed by atoms with Gasteiger partial charge >= 0.3 is 0 Å². The smallest absolute Gasteiger partial charge is 0.172 e. The molecular formula is C27H18N2O2. The summed E-state index contributed by atoms with van der Waals surface area (Å²) in [6, 6.07) is 27.3. The third kappa shape index (κ3) is 2.69. The average molecular weight is 402 g/mol. The van der Waals surface area contributed by atoms with Gasteiger partial charge in [-0.05, 0) is 24.3 Å². The second-order valence-electron chi connectivity index (χ2n) is 7.82. The molecule has 0 fully saturated rings. The van der Waals surface area contributed by atoms with Crippen molar-refractivity contribution < 1.29 is 9.59 Å². The summed E-state index contributed by atoms with van der Waals surface area (Å²) in [6.07, 6.45) is -0.178. The van der Waals surface area contributed by atoms with Gasteiger partial charge in [0, 0.05) is 43.7 Å². The van der Waals surface area contributed by atoms with Crippen molar-refractivity contribution in [3.8, 4) is 0 Å². The molecule has 6 aromatic rings. The summed E-state index contributed by atoms with van der Waals surface area (Å²) in [7, 11) is 0. The summed E-state index contributed by atoms with van der Waals surface area (Å²) in [6.45, 7) is 0. The number of para-hydroxylation sites is 4. The Balaban J connectivity index is 1.41. The van der Waals surface area contributed by atoms with Crippen molar-refractivity contribution in [1.29, 1.82) is 0 Å². The van der Waals surface area contributed by atoms with Gasteiger partial charge < -0.3 is 9.97 Å². The van der Waals surface area contributed by atoms with Crippen LogP contribution in [-0.4, -0.2) is 21.5 Å². The van der Waals surface area contributed by atoms with E-state index in [9.17, 15) is 9.59 Å². The highest BCUT2D eigenvalue weighted by Crippen LogP contribution is 2.30. The fourth-order valence-corrected chi connectivity index (χ4v) is 4.55. The molecule has 0 radical (unpaired) electrons. The van der Waals surface area contributed by atoms with E-state index in [0.29, 0.717) is 11.1 Å². The van der Waals surface area contributed by atoms with Crippen LogP contribution in [0.15, 0.2) is 84.9 Å². The number of rotatable bonds is 4. The molecule has 0 saturated heterocycles. The number of hydrogen-bond donors (Lipinski definition) is 2. The molecule has 0 aliphatic rings. The lowest BCUT2D eigenvalue weighted by atomic mass is 9.98. The first-order valence-electron chi connectivity index (χ1n) is 10.3. The molecule has 2 N–H and O–H groups in total. The summed E-state index contributed by atoms with van der Waals surface area (Å²) in [5.41, 5.74) is 4.62. The van der Waals surface area contributed by atoms with Crippen LogP contribution in [0.4, 0.5) is 0 Å². The van der Waals surface area contributed by atoms with Crippen LogP contribution in [0.25, 0.3) is 43.6 Å². The lowest BCUT2D eigenvalue weighted by Crippen LogP contribution is -2.09. The first kappa shape index (κ1) is 17.7. The third-order valence-corrected chi connectivity index (χ3v) is 6.00. The monoisotopic (exact) mass is 402 g/mol. The van der Waals surface area contributed by atoms with Gasteiger partial charge in [-0.15, -0.1) is 0 Å². The molecule has 0 amide bonds. The number of carbonyl (C=O) groups excluding carboxylic acids is 2. The molecule has 0 saturated carbocycles. The minimum atomic E-state index is -0.185. The van der Waals surface area contributed by atoms with Crippen LogP contribution in [0.1, 0.15) is 27.1 Å². The summed E-state index contributed by atoms with van der Waals surface area (Å²) >= 11 is 0. The molecule has 2 aromatic heterocycles. The number of carbonyl (C=O) groups is 2. The largest absolute Gasteiger partial charge is 0.354 e. The molecule has 4 nitrogen and oxygen atoms in total. The van der Waals surface area contributed by atoms with Crippen molar-refractivity contribution in [2.75, 3.05) is 0 Å². The van der Waals surface area contributed by atoms with Crippen LogP contribution in [0.2, 0.25) is 0 Å². The van der Waals surface area contributed by atoms with E-state index < -0.39 is 0 Å². The molecule has 2 heterocycles. The van der Waals surface area contributed by atoms with Crippen molar-refractivity contribution in [2.45, 2.75) is 6.42 Å². The maximum Gasteiger partial charge on any atom is 0.172 e. The number of ketones is 2. The zero-order chi connectivity index (χ0) is 20.9. The van der Waals surface area contributed by atoms with Crippen LogP contribution >= 0.6 is 0 Å². The third-order valence-electron chi connectivity index (χ3n) is 6.00. The van der Waals surface area contributed by atoms with Gasteiger partial charge in [0.2, 0.25) is 0 Å². The number of benzene rings is 4. The van der Waals surface area contributed by atoms with E-state index in [1.165, 1.54) is 0 Å². The van der Waals surface area contributed by atoms with Crippen molar-refractivity contribution >= 4 is 55.2 Å². The molecule has 0 spiro atoms. The molecule has 0 aliphatic heterocycles. The van der Waals surface area contributed by atoms with Crippen molar-refractivity contribution in [3.63, 3.8) is 0 Å². The fraction of sp³-hybridized carbons (Fsp3) is 0.0370. The summed E-state index contributed by atoms with van der Waals surface area (Å²) in [4.78, 5) is 33.1. The molecular weight excluding hydrogens is 384 g/mol. The van der Waals surface area contributed by atoms with E-state index in [-0.39, 0.29) is 18.0 Å². The Labute approximate surface area is 177 Å². The van der Waals surface area contributed by atoms with E-state index >= 15 is 0 Å². The second-order valence-corrected chi connectivity index (χ2v) is 7.82. The molecule has 0 unspecified atom stereocenters. The predicted molar refractivity (Wildman–Crippen MR) is 125 cm³/mol. The average Bonchev–Trinajstić information content (AvgIpc) is 3.37. The van der Waals surface area contributed by atoms with Gasteiger partial charge in [-0.2, -0.15) is 0 Å². The van der Waals surface area contributed by atoms with Crippen LogP contribution in [0.3, 0.4) is 0 Å². The number of H-pyrrole nitrogens is 2. The maximum atomic E-state index is 13.2. The molecule has 4 aromatic carbocycles. The van der Waals surface area contributed by atoms with E-state index in [0.717, 1.165) is 43.6 Å². The van der Waals surface area contributed by atoms with Gasteiger partial charge in [0.05, 0.1) is 17.5 Å². The predicted octanol–water partition coefficient (Wildman–Crippen LogP) is 6.41. The Hall–Kier alpha value is -4.18. The number of hydrogen-bond acceptors (Lipinski definition) is 2. The molecule has 6 rings (SSSR count). The molecule has 0 bridgehead atoms. The van der Waals surface area contributed by atoms with Gasteiger partial charge in [0.1, 0.15) is 0 Å². The first-order chi connectivity index (χ1) is 15.2. The van der Waals surface area contributed by atoms with Gasteiger partial charge in [0.25, 0.3) is 0 Å². The zero-order valence-electron chi connectivity index (χ0n) is 16.6. The topological polar surface area (TPSA) is 65.7 Å². The zero-order valence-corrected chi connectivity index (χ0v) is 16.6. The quantitative estimate of drug-likeness (QED) is 0.264. The Bertz CT molecular complexity index is 1530. The van der Waals surface area contributed by atoms with Gasteiger partial charge in [-0.25, -0.2) is 0 Å². The Morgan fingerprint density at radius 3 is 1.42 bits per heavy atom. The van der Waals surface area contributed by atoms with E-state index in [1.807, 2.05) is 72.8 Å². The van der Waals surface area contributed by atoms with Crippen molar-refractivity contribution in [1.82, 2.24) is 9.97 Å². The number of fused-ring (bicyclic) bond motifs is 6. The SMILES string of the molecule is O=C(CC(=O)c1cccc2c1[nH]c1ccccc12)c1cccc2c1[nH]c1ccccc12. The fourth-order valence-electron chi connectivity index (χ4n) is 4.55. The highest BCUT2D eigenvalue weighted by Gasteiger charge is 2.20. The normalized spacial score (nSPS) is 11.6. The molecule has 4 heteroatoms. The number of nitrogens with one attached hydrogen (secondary N) is 2. The van der Waals surface area contributed by atoms with Crippen LogP contribution < -0.4 is 0 Å². The molecule has 148 valence electrons. The molecule has 31 heavy (non-hydrogen) atoms. The van der Waals surface area contributed by atoms with Gasteiger partial charge in [-0.3, -0.25) is 9.59 Å². The summed E-state index contributed by atoms with van der Waals surface area (Å²) in [5.74, 6) is -0.370. The standard InChI is InChI=1S/C27H18N2O2/c30-24(20-11-5-9-18-16-7-1-3-13-22(16)28-26(18)20)15-25(31)21-12-6-10-19-17-8-2-4-14-23(17)29-27(19)21/h1-14,28-29H,15H2. The minimum Gasteiger partial charge on any atom is -0.354 e. The van der Waals surface area contributed by atoms with E-state index in [2.05, 4.69) is 9.97 Å². The maximum absolute atomic E-state index is 13.2. The van der Waals surface area contributed by atoms with Gasteiger partial charge in [-0.1, -0.05) is 60.7 Å². The molecule has 0 atom stereocenters. The van der Waals surface area contributed by atoms with E-state index in [4.69, 9.17) is 0 Å². The first-order valence-corrected chi connectivity index (χ1v) is 10.3. The number of aromatic amines is 2. The summed E-state index contributed by atoms with van der Waals surface area (Å²) in [5, 5.41) is 4.13. The Morgan fingerprint density at radius 1 is 0.516 bits per heavy atom. The van der Waals surface area contributed by atoms with Crippen LogP contribution in [0.5, 0.6) is 0 Å².